The number of rotatable bonds is 9. The van der Waals surface area contributed by atoms with Gasteiger partial charge in [0.05, 0.1) is 22.8 Å². The number of nitrogens with zero attached hydrogens (tertiary/aromatic N) is 1. The molecule has 0 saturated carbocycles. The molecule has 1 amide bonds. The van der Waals surface area contributed by atoms with Crippen LogP contribution in [0.15, 0.2) is 41.3 Å². The number of amides is 1. The molecule has 0 aromatic heterocycles. The fourth-order valence-corrected chi connectivity index (χ4v) is 4.96. The summed E-state index contributed by atoms with van der Waals surface area (Å²) in [5.74, 6) is -0.234. The van der Waals surface area contributed by atoms with Crippen molar-refractivity contribution in [2.75, 3.05) is 18.0 Å². The van der Waals surface area contributed by atoms with E-state index < -0.39 is 22.5 Å². The zero-order valence-corrected chi connectivity index (χ0v) is 19.7. The number of benzene rings is 2. The Kier molecular flexibility index (Phi) is 8.41. The summed E-state index contributed by atoms with van der Waals surface area (Å²) in [7, 11) is -2.75. The van der Waals surface area contributed by atoms with Gasteiger partial charge in [0, 0.05) is 6.04 Å². The van der Waals surface area contributed by atoms with Gasteiger partial charge in [0.2, 0.25) is 5.91 Å². The smallest absolute Gasteiger partial charge is 0.268 e. The van der Waals surface area contributed by atoms with E-state index in [2.05, 4.69) is 5.32 Å². The molecule has 0 aliphatic carbocycles. The Morgan fingerprint density at radius 2 is 1.87 bits per heavy atom. The fraction of sp³-hybridized carbons (Fsp3) is 0.381. The van der Waals surface area contributed by atoms with Crippen molar-refractivity contribution in [2.45, 2.75) is 44.6 Å². The number of carbonyl (C=O) groups excluding carboxylic acids is 1. The maximum atomic E-state index is 13.6. The molecule has 0 radical (unpaired) electrons. The van der Waals surface area contributed by atoms with E-state index in [4.69, 9.17) is 27.9 Å². The Morgan fingerprint density at radius 3 is 2.47 bits per heavy atom. The van der Waals surface area contributed by atoms with E-state index in [9.17, 15) is 13.2 Å². The van der Waals surface area contributed by atoms with Crippen LogP contribution in [0.3, 0.4) is 0 Å². The van der Waals surface area contributed by atoms with Crippen LogP contribution in [0.1, 0.15) is 32.3 Å². The zero-order chi connectivity index (χ0) is 22.5. The summed E-state index contributed by atoms with van der Waals surface area (Å²) in [5.41, 5.74) is 0.968. The topological polar surface area (TPSA) is 75.7 Å². The van der Waals surface area contributed by atoms with Gasteiger partial charge in [-0.15, -0.1) is 0 Å². The van der Waals surface area contributed by atoms with Crippen molar-refractivity contribution in [1.29, 1.82) is 0 Å². The largest absolute Gasteiger partial charge is 0.495 e. The van der Waals surface area contributed by atoms with E-state index in [1.54, 1.807) is 19.1 Å². The van der Waals surface area contributed by atoms with Crippen LogP contribution in [-0.4, -0.2) is 34.0 Å². The van der Waals surface area contributed by atoms with Gasteiger partial charge in [-0.3, -0.25) is 9.10 Å². The van der Waals surface area contributed by atoms with E-state index in [1.807, 2.05) is 13.8 Å². The summed E-state index contributed by atoms with van der Waals surface area (Å²) in [6.07, 6.45) is 1.69. The van der Waals surface area contributed by atoms with Gasteiger partial charge in [-0.2, -0.15) is 0 Å². The summed E-state index contributed by atoms with van der Waals surface area (Å²) >= 11 is 12.1. The number of halogens is 2. The van der Waals surface area contributed by atoms with Crippen molar-refractivity contribution >= 4 is 44.8 Å². The second-order valence-electron chi connectivity index (χ2n) is 7.02. The van der Waals surface area contributed by atoms with Crippen LogP contribution in [0.5, 0.6) is 5.75 Å². The van der Waals surface area contributed by atoms with Crippen LogP contribution < -0.4 is 14.4 Å². The Labute approximate surface area is 188 Å². The van der Waals surface area contributed by atoms with Crippen molar-refractivity contribution in [2.24, 2.45) is 0 Å². The SMILES string of the molecule is CCC[C@H](C)NC(=O)CN(c1ccc(Cl)c(Cl)c1)S(=O)(=O)c1cc(C)ccc1OC. The van der Waals surface area contributed by atoms with Gasteiger partial charge in [0.15, 0.2) is 0 Å². The highest BCUT2D eigenvalue weighted by molar-refractivity contribution is 7.93. The third-order valence-corrected chi connectivity index (χ3v) is 7.03. The second-order valence-corrected chi connectivity index (χ2v) is 9.67. The highest BCUT2D eigenvalue weighted by Gasteiger charge is 2.30. The van der Waals surface area contributed by atoms with Crippen molar-refractivity contribution in [1.82, 2.24) is 5.32 Å². The summed E-state index contributed by atoms with van der Waals surface area (Å²) in [4.78, 5) is 12.6. The van der Waals surface area contributed by atoms with Gasteiger partial charge in [-0.25, -0.2) is 8.42 Å². The first kappa shape index (κ1) is 24.3. The fourth-order valence-electron chi connectivity index (χ4n) is 3.02. The number of aryl methyl sites for hydroxylation is 1. The third kappa shape index (κ3) is 5.80. The number of methoxy groups -OCH3 is 1. The molecule has 0 heterocycles. The van der Waals surface area contributed by atoms with Crippen molar-refractivity contribution in [3.63, 3.8) is 0 Å². The number of sulfonamides is 1. The molecular weight excluding hydrogens is 447 g/mol. The average Bonchev–Trinajstić information content (AvgIpc) is 2.68. The highest BCUT2D eigenvalue weighted by atomic mass is 35.5. The molecule has 0 aliphatic heterocycles. The number of carbonyl (C=O) groups is 1. The van der Waals surface area contributed by atoms with Gasteiger partial charge in [0.1, 0.15) is 17.2 Å². The predicted molar refractivity (Wildman–Crippen MR) is 121 cm³/mol. The Morgan fingerprint density at radius 1 is 1.17 bits per heavy atom. The van der Waals surface area contributed by atoms with Crippen LogP contribution in [0.2, 0.25) is 10.0 Å². The van der Waals surface area contributed by atoms with E-state index >= 15 is 0 Å². The Balaban J connectivity index is 2.53. The van der Waals surface area contributed by atoms with Crippen molar-refractivity contribution in [3.05, 3.63) is 52.0 Å². The summed E-state index contributed by atoms with van der Waals surface area (Å²) in [5, 5.41) is 3.30. The van der Waals surface area contributed by atoms with Crippen molar-refractivity contribution < 1.29 is 17.9 Å². The normalized spacial score (nSPS) is 12.3. The average molecular weight is 473 g/mol. The molecule has 0 bridgehead atoms. The van der Waals surface area contributed by atoms with Gasteiger partial charge in [-0.05, 0) is 56.2 Å². The minimum absolute atomic E-state index is 0.0366. The first-order valence-corrected chi connectivity index (χ1v) is 11.7. The molecule has 164 valence electrons. The van der Waals surface area contributed by atoms with Crippen LogP contribution in [-0.2, 0) is 14.8 Å². The predicted octanol–water partition coefficient (Wildman–Crippen LogP) is 4.81. The first-order chi connectivity index (χ1) is 14.1. The standard InChI is InChI=1S/C21H26Cl2N2O4S/c1-5-6-15(3)24-21(26)13-25(16-8-9-17(22)18(23)12-16)30(27,28)20-11-14(2)7-10-19(20)29-4/h7-12,15H,5-6,13H2,1-4H3,(H,24,26)/t15-/m0/s1. The molecule has 2 rings (SSSR count). The van der Waals surface area contributed by atoms with E-state index in [0.717, 1.165) is 22.7 Å². The maximum absolute atomic E-state index is 13.6. The van der Waals surface area contributed by atoms with Crippen molar-refractivity contribution in [3.8, 4) is 5.75 Å². The lowest BCUT2D eigenvalue weighted by Crippen LogP contribution is -2.43. The monoisotopic (exact) mass is 472 g/mol. The number of hydrogen-bond donors (Lipinski definition) is 1. The summed E-state index contributed by atoms with van der Waals surface area (Å²) < 4.78 is 33.5. The molecule has 2 aromatic carbocycles. The van der Waals surface area contributed by atoms with E-state index in [0.29, 0.717) is 0 Å². The molecule has 0 saturated heterocycles. The number of anilines is 1. The molecule has 2 aromatic rings. The zero-order valence-electron chi connectivity index (χ0n) is 17.4. The highest BCUT2D eigenvalue weighted by Crippen LogP contribution is 2.33. The van der Waals surface area contributed by atoms with Gasteiger partial charge in [-0.1, -0.05) is 42.6 Å². The molecule has 0 unspecified atom stereocenters. The molecule has 0 aliphatic rings. The molecule has 6 nitrogen and oxygen atoms in total. The lowest BCUT2D eigenvalue weighted by atomic mass is 10.2. The van der Waals surface area contributed by atoms with Crippen LogP contribution >= 0.6 is 23.2 Å². The summed E-state index contributed by atoms with van der Waals surface area (Å²) in [6.45, 7) is 5.26. The first-order valence-electron chi connectivity index (χ1n) is 9.52. The molecule has 0 spiro atoms. The van der Waals surface area contributed by atoms with E-state index in [1.165, 1.54) is 31.4 Å². The quantitative estimate of drug-likeness (QED) is 0.567. The van der Waals surface area contributed by atoms with Gasteiger partial charge in [0.25, 0.3) is 10.0 Å². The van der Waals surface area contributed by atoms with E-state index in [-0.39, 0.29) is 32.4 Å². The van der Waals surface area contributed by atoms with Crippen LogP contribution in [0.4, 0.5) is 5.69 Å². The molecule has 1 atom stereocenters. The molecule has 30 heavy (non-hydrogen) atoms. The maximum Gasteiger partial charge on any atom is 0.268 e. The minimum Gasteiger partial charge on any atom is -0.495 e. The number of ether oxygens (including phenoxy) is 1. The van der Waals surface area contributed by atoms with Crippen LogP contribution in [0, 0.1) is 6.92 Å². The lowest BCUT2D eigenvalue weighted by molar-refractivity contribution is -0.120. The molecule has 9 heteroatoms. The second kappa shape index (κ2) is 10.4. The molecule has 0 fully saturated rings. The Hall–Kier alpha value is -1.96. The molecular formula is C21H26Cl2N2O4S. The summed E-state index contributed by atoms with van der Waals surface area (Å²) in [6, 6.07) is 9.19. The lowest BCUT2D eigenvalue weighted by Gasteiger charge is -2.26. The van der Waals surface area contributed by atoms with Gasteiger partial charge < -0.3 is 10.1 Å². The Bertz CT molecular complexity index is 1010. The third-order valence-electron chi connectivity index (χ3n) is 4.49. The minimum atomic E-state index is -4.15. The van der Waals surface area contributed by atoms with Gasteiger partial charge >= 0.3 is 0 Å². The molecule has 1 N–H and O–H groups in total. The number of nitrogens with one attached hydrogen (secondary N) is 1. The number of hydrogen-bond acceptors (Lipinski definition) is 4. The van der Waals surface area contributed by atoms with Crippen LogP contribution in [0.25, 0.3) is 0 Å².